The highest BCUT2D eigenvalue weighted by molar-refractivity contribution is 5.48. The summed E-state index contributed by atoms with van der Waals surface area (Å²) in [7, 11) is 0. The highest BCUT2D eigenvalue weighted by atomic mass is 16.3. The topological polar surface area (TPSA) is 40.5 Å². The fourth-order valence-corrected chi connectivity index (χ4v) is 0.825. The molecule has 0 spiro atoms. The van der Waals surface area contributed by atoms with Crippen molar-refractivity contribution in [2.45, 2.75) is 12.5 Å². The Balaban J connectivity index is 2.32. The molecule has 0 aromatic heterocycles. The van der Waals surface area contributed by atoms with E-state index in [9.17, 15) is 4.79 Å². The van der Waals surface area contributed by atoms with E-state index in [1.807, 2.05) is 0 Å². The molecule has 1 unspecified atom stereocenters. The number of nitrogens with zero attached hydrogens (tertiary/aromatic N) is 1. The van der Waals surface area contributed by atoms with E-state index < -0.39 is 0 Å². The minimum atomic E-state index is -0.309. The third kappa shape index (κ3) is 0.980. The van der Waals surface area contributed by atoms with Crippen LogP contribution in [0.5, 0.6) is 0 Å². The lowest BCUT2D eigenvalue weighted by Gasteiger charge is -2.02. The molecule has 1 atom stereocenters. The third-order valence-corrected chi connectivity index (χ3v) is 1.29. The summed E-state index contributed by atoms with van der Waals surface area (Å²) in [6.07, 6.45) is 2.11. The number of rotatable bonds is 1. The summed E-state index contributed by atoms with van der Waals surface area (Å²) in [6, 6.07) is 0. The van der Waals surface area contributed by atoms with Crippen molar-refractivity contribution in [2.75, 3.05) is 13.1 Å². The summed E-state index contributed by atoms with van der Waals surface area (Å²) in [6.45, 7) is 1.12. The number of likely N-dealkylation sites (tertiary alicyclic amines) is 1. The van der Waals surface area contributed by atoms with Crippen molar-refractivity contribution in [3.63, 3.8) is 0 Å². The Labute approximate surface area is 47.9 Å². The molecule has 0 aromatic rings. The van der Waals surface area contributed by atoms with Crippen molar-refractivity contribution in [1.82, 2.24) is 4.90 Å². The first-order chi connectivity index (χ1) is 3.83. The molecule has 0 saturated carbocycles. The predicted octanol–water partition coefficient (Wildman–Crippen LogP) is -0.880. The third-order valence-electron chi connectivity index (χ3n) is 1.29. The fraction of sp³-hybridized carbons (Fsp3) is 0.800. The molecule has 1 saturated heterocycles. The van der Waals surface area contributed by atoms with Gasteiger partial charge in [-0.2, -0.15) is 0 Å². The molecule has 1 aliphatic rings. The van der Waals surface area contributed by atoms with Crippen LogP contribution in [0, 0.1) is 0 Å². The van der Waals surface area contributed by atoms with Crippen molar-refractivity contribution in [2.24, 2.45) is 0 Å². The molecule has 1 fully saturated rings. The second kappa shape index (κ2) is 2.13. The SMILES string of the molecule is O=[C]N1CCC(O)C1. The number of carbonyl (C=O) groups excluding carboxylic acids is 1. The van der Waals surface area contributed by atoms with Crippen molar-refractivity contribution in [3.05, 3.63) is 0 Å². The normalized spacial score (nSPS) is 28.6. The summed E-state index contributed by atoms with van der Waals surface area (Å²) in [5.74, 6) is 0. The van der Waals surface area contributed by atoms with E-state index in [-0.39, 0.29) is 6.10 Å². The van der Waals surface area contributed by atoms with Crippen LogP contribution in [-0.4, -0.2) is 35.6 Å². The first-order valence-corrected chi connectivity index (χ1v) is 2.63. The van der Waals surface area contributed by atoms with E-state index in [4.69, 9.17) is 5.11 Å². The molecule has 1 N–H and O–H groups in total. The first kappa shape index (κ1) is 5.56. The van der Waals surface area contributed by atoms with Crippen LogP contribution in [0.25, 0.3) is 0 Å². The molecule has 1 heterocycles. The summed E-state index contributed by atoms with van der Waals surface area (Å²) < 4.78 is 0. The van der Waals surface area contributed by atoms with Crippen LogP contribution >= 0.6 is 0 Å². The smallest absolute Gasteiger partial charge is 0.312 e. The molecule has 1 rings (SSSR count). The average molecular weight is 114 g/mol. The van der Waals surface area contributed by atoms with Gasteiger partial charge in [-0.05, 0) is 6.42 Å². The molecule has 0 bridgehead atoms. The van der Waals surface area contributed by atoms with Gasteiger partial charge in [0, 0.05) is 13.1 Å². The maximum absolute atomic E-state index is 9.84. The van der Waals surface area contributed by atoms with Crippen LogP contribution in [0.4, 0.5) is 0 Å². The number of aliphatic hydroxyl groups is 1. The largest absolute Gasteiger partial charge is 0.391 e. The summed E-state index contributed by atoms with van der Waals surface area (Å²) in [4.78, 5) is 11.3. The monoisotopic (exact) mass is 114 g/mol. The molecule has 3 heteroatoms. The van der Waals surface area contributed by atoms with Gasteiger partial charge in [0.25, 0.3) is 0 Å². The van der Waals surface area contributed by atoms with Gasteiger partial charge in [0.2, 0.25) is 0 Å². The Morgan fingerprint density at radius 2 is 2.50 bits per heavy atom. The van der Waals surface area contributed by atoms with E-state index in [1.165, 1.54) is 4.90 Å². The number of hydrogen-bond donors (Lipinski definition) is 1. The Kier molecular flexibility index (Phi) is 1.48. The van der Waals surface area contributed by atoms with Crippen molar-refractivity contribution in [3.8, 4) is 0 Å². The van der Waals surface area contributed by atoms with E-state index in [0.717, 1.165) is 0 Å². The van der Waals surface area contributed by atoms with Gasteiger partial charge in [0.05, 0.1) is 6.10 Å². The van der Waals surface area contributed by atoms with Gasteiger partial charge >= 0.3 is 6.41 Å². The maximum atomic E-state index is 9.84. The van der Waals surface area contributed by atoms with Crippen LogP contribution < -0.4 is 0 Å². The first-order valence-electron chi connectivity index (χ1n) is 2.63. The Morgan fingerprint density at radius 3 is 2.75 bits per heavy atom. The summed E-state index contributed by atoms with van der Waals surface area (Å²) in [5, 5.41) is 8.81. The zero-order valence-electron chi connectivity index (χ0n) is 4.50. The lowest BCUT2D eigenvalue weighted by Crippen LogP contribution is -2.19. The van der Waals surface area contributed by atoms with E-state index in [0.29, 0.717) is 19.5 Å². The standard InChI is InChI=1S/C5H8NO2/c7-4-6-2-1-5(8)3-6/h5,8H,1-3H2. The highest BCUT2D eigenvalue weighted by Crippen LogP contribution is 2.04. The lowest BCUT2D eigenvalue weighted by molar-refractivity contribution is 0.187. The number of β-amino-alcohol motifs (C(OH)–C–C–N with tert-alkyl or cyclic N) is 1. The molecule has 45 valence electrons. The Hall–Kier alpha value is -0.570. The molecule has 3 nitrogen and oxygen atoms in total. The Bertz CT molecular complexity index is 94.4. The van der Waals surface area contributed by atoms with Crippen molar-refractivity contribution in [1.29, 1.82) is 0 Å². The summed E-state index contributed by atoms with van der Waals surface area (Å²) in [5.41, 5.74) is 0. The minimum absolute atomic E-state index is 0.309. The molecule has 1 aliphatic heterocycles. The second-order valence-electron chi connectivity index (χ2n) is 1.98. The molecular formula is C5H8NO2. The van der Waals surface area contributed by atoms with Gasteiger partial charge in [-0.25, -0.2) is 0 Å². The summed E-state index contributed by atoms with van der Waals surface area (Å²) >= 11 is 0. The van der Waals surface area contributed by atoms with Crippen molar-refractivity contribution < 1.29 is 9.90 Å². The van der Waals surface area contributed by atoms with Gasteiger partial charge in [-0.1, -0.05) is 0 Å². The van der Waals surface area contributed by atoms with Crippen LogP contribution in [0.3, 0.4) is 0 Å². The number of amides is 1. The van der Waals surface area contributed by atoms with Crippen molar-refractivity contribution >= 4 is 6.41 Å². The molecule has 0 aromatic carbocycles. The van der Waals surface area contributed by atoms with E-state index in [2.05, 4.69) is 0 Å². The molecule has 8 heavy (non-hydrogen) atoms. The van der Waals surface area contributed by atoms with Gasteiger partial charge in [-0.15, -0.1) is 0 Å². The average Bonchev–Trinajstić information content (AvgIpc) is 2.14. The Morgan fingerprint density at radius 1 is 1.75 bits per heavy atom. The van der Waals surface area contributed by atoms with Crippen LogP contribution in [0.2, 0.25) is 0 Å². The van der Waals surface area contributed by atoms with Gasteiger partial charge in [0.15, 0.2) is 0 Å². The van der Waals surface area contributed by atoms with Crippen LogP contribution in [0.1, 0.15) is 6.42 Å². The van der Waals surface area contributed by atoms with Gasteiger partial charge in [0.1, 0.15) is 0 Å². The van der Waals surface area contributed by atoms with Crippen LogP contribution in [0.15, 0.2) is 0 Å². The maximum Gasteiger partial charge on any atom is 0.312 e. The molecule has 0 aliphatic carbocycles. The van der Waals surface area contributed by atoms with E-state index in [1.54, 1.807) is 6.41 Å². The minimum Gasteiger partial charge on any atom is -0.391 e. The quantitative estimate of drug-likeness (QED) is 0.481. The zero-order chi connectivity index (χ0) is 5.98. The molecule has 1 radical (unpaired) electrons. The predicted molar refractivity (Wildman–Crippen MR) is 27.9 cm³/mol. The van der Waals surface area contributed by atoms with Gasteiger partial charge < -0.3 is 10.0 Å². The number of aliphatic hydroxyl groups excluding tert-OH is 1. The zero-order valence-corrected chi connectivity index (χ0v) is 4.50. The molecular weight excluding hydrogens is 106 g/mol. The fourth-order valence-electron chi connectivity index (χ4n) is 0.825. The lowest BCUT2D eigenvalue weighted by atomic mass is 10.3. The van der Waals surface area contributed by atoms with E-state index >= 15 is 0 Å². The van der Waals surface area contributed by atoms with Crippen LogP contribution in [-0.2, 0) is 4.79 Å². The van der Waals surface area contributed by atoms with Gasteiger partial charge in [-0.3, -0.25) is 4.79 Å². The highest BCUT2D eigenvalue weighted by Gasteiger charge is 2.18. The molecule has 1 amide bonds. The number of hydrogen-bond acceptors (Lipinski definition) is 2. The second-order valence-corrected chi connectivity index (χ2v) is 1.98.